The van der Waals surface area contributed by atoms with Gasteiger partial charge >= 0.3 is 0 Å². The zero-order valence-electron chi connectivity index (χ0n) is 13.2. The number of hydrogen-bond acceptors (Lipinski definition) is 3. The molecule has 0 fully saturated rings. The fourth-order valence-corrected chi connectivity index (χ4v) is 2.03. The lowest BCUT2D eigenvalue weighted by Crippen LogP contribution is -2.37. The molecule has 0 heterocycles. The Labute approximate surface area is 135 Å². The lowest BCUT2D eigenvalue weighted by Gasteiger charge is -2.21. The van der Waals surface area contributed by atoms with Gasteiger partial charge in [-0.2, -0.15) is 0 Å². The van der Waals surface area contributed by atoms with Crippen molar-refractivity contribution in [3.05, 3.63) is 29.0 Å². The molecule has 6 heteroatoms. The van der Waals surface area contributed by atoms with Gasteiger partial charge in [0.1, 0.15) is 11.6 Å². The molecule has 1 aromatic carbocycles. The SMILES string of the molecule is CC(Oc1ccc(F)cc1Cl)C(=O)NCCCC(C)(C)CO. The second-order valence-electron chi connectivity index (χ2n) is 6.05. The van der Waals surface area contributed by atoms with Gasteiger partial charge in [0.2, 0.25) is 0 Å². The zero-order valence-corrected chi connectivity index (χ0v) is 13.9. The Morgan fingerprint density at radius 3 is 2.77 bits per heavy atom. The van der Waals surface area contributed by atoms with Crippen LogP contribution in [0.15, 0.2) is 18.2 Å². The maximum Gasteiger partial charge on any atom is 0.260 e. The molecular weight excluding hydrogens is 309 g/mol. The molecule has 1 amide bonds. The third kappa shape index (κ3) is 6.20. The first-order chi connectivity index (χ1) is 10.2. The summed E-state index contributed by atoms with van der Waals surface area (Å²) in [6, 6.07) is 3.76. The molecule has 0 bridgehead atoms. The second kappa shape index (κ2) is 8.34. The van der Waals surface area contributed by atoms with Gasteiger partial charge in [0.25, 0.3) is 5.91 Å². The average Bonchev–Trinajstić information content (AvgIpc) is 2.46. The van der Waals surface area contributed by atoms with Crippen LogP contribution in [0.3, 0.4) is 0 Å². The minimum atomic E-state index is -0.728. The van der Waals surface area contributed by atoms with E-state index in [1.54, 1.807) is 6.92 Å². The lowest BCUT2D eigenvalue weighted by atomic mass is 9.89. The molecule has 0 radical (unpaired) electrons. The summed E-state index contributed by atoms with van der Waals surface area (Å²) in [4.78, 5) is 11.9. The van der Waals surface area contributed by atoms with Crippen molar-refractivity contribution in [3.8, 4) is 5.75 Å². The number of halogens is 2. The summed E-state index contributed by atoms with van der Waals surface area (Å²) in [7, 11) is 0. The zero-order chi connectivity index (χ0) is 16.8. The van der Waals surface area contributed by atoms with Gasteiger partial charge in [0.15, 0.2) is 6.10 Å². The first kappa shape index (κ1) is 18.7. The number of hydrogen-bond donors (Lipinski definition) is 2. The van der Waals surface area contributed by atoms with Crippen molar-refractivity contribution in [2.45, 2.75) is 39.7 Å². The third-order valence-corrected chi connectivity index (χ3v) is 3.62. The van der Waals surface area contributed by atoms with Crippen LogP contribution < -0.4 is 10.1 Å². The van der Waals surface area contributed by atoms with E-state index < -0.39 is 11.9 Å². The van der Waals surface area contributed by atoms with E-state index in [4.69, 9.17) is 21.4 Å². The predicted molar refractivity (Wildman–Crippen MR) is 84.6 cm³/mol. The number of benzene rings is 1. The van der Waals surface area contributed by atoms with E-state index in [2.05, 4.69) is 5.32 Å². The highest BCUT2D eigenvalue weighted by atomic mass is 35.5. The molecule has 0 aliphatic rings. The first-order valence-electron chi connectivity index (χ1n) is 7.25. The van der Waals surface area contributed by atoms with E-state index in [1.165, 1.54) is 12.1 Å². The van der Waals surface area contributed by atoms with Gasteiger partial charge in [-0.15, -0.1) is 0 Å². The topological polar surface area (TPSA) is 58.6 Å². The molecule has 0 aromatic heterocycles. The normalized spacial score (nSPS) is 12.8. The van der Waals surface area contributed by atoms with Gasteiger partial charge < -0.3 is 15.2 Å². The van der Waals surface area contributed by atoms with Crippen LogP contribution in [-0.4, -0.2) is 30.3 Å². The second-order valence-corrected chi connectivity index (χ2v) is 6.46. The standard InChI is InChI=1S/C16H23ClFNO3/c1-11(22-14-6-5-12(18)9-13(14)17)15(21)19-8-4-7-16(2,3)10-20/h5-6,9,11,20H,4,7-8,10H2,1-3H3,(H,19,21). The number of rotatable bonds is 8. The maximum absolute atomic E-state index is 12.9. The number of carbonyl (C=O) groups is 1. The number of ether oxygens (including phenoxy) is 1. The quantitative estimate of drug-likeness (QED) is 0.719. The number of carbonyl (C=O) groups excluding carboxylic acids is 1. The van der Waals surface area contributed by atoms with E-state index in [1.807, 2.05) is 13.8 Å². The number of amides is 1. The van der Waals surface area contributed by atoms with Crippen molar-refractivity contribution < 1.29 is 19.0 Å². The van der Waals surface area contributed by atoms with E-state index >= 15 is 0 Å². The Bertz CT molecular complexity index is 508. The molecule has 2 N–H and O–H groups in total. The number of aliphatic hydroxyl groups excluding tert-OH is 1. The summed E-state index contributed by atoms with van der Waals surface area (Å²) in [5.41, 5.74) is -0.144. The van der Waals surface area contributed by atoms with Crippen molar-refractivity contribution in [1.29, 1.82) is 0 Å². The van der Waals surface area contributed by atoms with Crippen molar-refractivity contribution in [3.63, 3.8) is 0 Å². The van der Waals surface area contributed by atoms with Crippen molar-refractivity contribution >= 4 is 17.5 Å². The predicted octanol–water partition coefficient (Wildman–Crippen LogP) is 3.16. The Morgan fingerprint density at radius 2 is 2.18 bits per heavy atom. The van der Waals surface area contributed by atoms with Crippen molar-refractivity contribution in [2.75, 3.05) is 13.2 Å². The number of aliphatic hydroxyl groups is 1. The smallest absolute Gasteiger partial charge is 0.260 e. The molecule has 0 spiro atoms. The molecule has 124 valence electrons. The van der Waals surface area contributed by atoms with E-state index in [0.29, 0.717) is 6.54 Å². The summed E-state index contributed by atoms with van der Waals surface area (Å²) < 4.78 is 18.4. The largest absolute Gasteiger partial charge is 0.479 e. The van der Waals surface area contributed by atoms with E-state index in [-0.39, 0.29) is 28.7 Å². The minimum absolute atomic E-state index is 0.115. The van der Waals surface area contributed by atoms with Crippen LogP contribution in [0, 0.1) is 11.2 Å². The molecule has 1 atom stereocenters. The van der Waals surface area contributed by atoms with Crippen LogP contribution in [0.1, 0.15) is 33.6 Å². The lowest BCUT2D eigenvalue weighted by molar-refractivity contribution is -0.127. The van der Waals surface area contributed by atoms with Crippen LogP contribution in [0.4, 0.5) is 4.39 Å². The fraction of sp³-hybridized carbons (Fsp3) is 0.562. The molecule has 1 rings (SSSR count). The van der Waals surface area contributed by atoms with Gasteiger partial charge in [-0.05, 0) is 43.4 Å². The molecule has 1 unspecified atom stereocenters. The Hall–Kier alpha value is -1.33. The molecule has 1 aromatic rings. The first-order valence-corrected chi connectivity index (χ1v) is 7.63. The van der Waals surface area contributed by atoms with Crippen molar-refractivity contribution in [2.24, 2.45) is 5.41 Å². The molecule has 4 nitrogen and oxygen atoms in total. The average molecular weight is 332 g/mol. The molecule has 22 heavy (non-hydrogen) atoms. The minimum Gasteiger partial charge on any atom is -0.479 e. The van der Waals surface area contributed by atoms with Crippen LogP contribution in [-0.2, 0) is 4.79 Å². The van der Waals surface area contributed by atoms with E-state index in [9.17, 15) is 9.18 Å². The molecule has 0 saturated carbocycles. The van der Waals surface area contributed by atoms with Gasteiger partial charge in [0, 0.05) is 13.2 Å². The van der Waals surface area contributed by atoms with Gasteiger partial charge in [-0.3, -0.25) is 4.79 Å². The summed E-state index contributed by atoms with van der Waals surface area (Å²) in [5.74, 6) is -0.449. The highest BCUT2D eigenvalue weighted by Gasteiger charge is 2.18. The highest BCUT2D eigenvalue weighted by molar-refractivity contribution is 6.32. The molecule has 0 aliphatic carbocycles. The monoisotopic (exact) mass is 331 g/mol. The van der Waals surface area contributed by atoms with E-state index in [0.717, 1.165) is 18.9 Å². The molecule has 0 aliphatic heterocycles. The Balaban J connectivity index is 2.39. The third-order valence-electron chi connectivity index (χ3n) is 3.32. The summed E-state index contributed by atoms with van der Waals surface area (Å²) in [5, 5.41) is 12.1. The Kier molecular flexibility index (Phi) is 7.10. The fourth-order valence-electron chi connectivity index (χ4n) is 1.82. The summed E-state index contributed by atoms with van der Waals surface area (Å²) >= 11 is 5.85. The summed E-state index contributed by atoms with van der Waals surface area (Å²) in [6.45, 7) is 6.16. The maximum atomic E-state index is 12.9. The molecule has 0 saturated heterocycles. The number of nitrogens with one attached hydrogen (secondary N) is 1. The van der Waals surface area contributed by atoms with Crippen LogP contribution >= 0.6 is 11.6 Å². The van der Waals surface area contributed by atoms with Crippen LogP contribution in [0.5, 0.6) is 5.75 Å². The van der Waals surface area contributed by atoms with Gasteiger partial charge in [0.05, 0.1) is 5.02 Å². The van der Waals surface area contributed by atoms with Gasteiger partial charge in [-0.25, -0.2) is 4.39 Å². The highest BCUT2D eigenvalue weighted by Crippen LogP contribution is 2.26. The van der Waals surface area contributed by atoms with Crippen LogP contribution in [0.2, 0.25) is 5.02 Å². The van der Waals surface area contributed by atoms with Crippen molar-refractivity contribution in [1.82, 2.24) is 5.32 Å². The van der Waals surface area contributed by atoms with Crippen LogP contribution in [0.25, 0.3) is 0 Å². The Morgan fingerprint density at radius 1 is 1.50 bits per heavy atom. The molecular formula is C16H23ClFNO3. The van der Waals surface area contributed by atoms with Gasteiger partial charge in [-0.1, -0.05) is 25.4 Å². The summed E-state index contributed by atoms with van der Waals surface area (Å²) in [6.07, 6.45) is 0.848.